The highest BCUT2D eigenvalue weighted by Gasteiger charge is 2.30. The highest BCUT2D eigenvalue weighted by molar-refractivity contribution is 5.97. The van der Waals surface area contributed by atoms with E-state index >= 15 is 0 Å². The molecule has 0 aliphatic rings. The largest absolute Gasteiger partial charge is 0.416 e. The van der Waals surface area contributed by atoms with Crippen molar-refractivity contribution in [2.45, 2.75) is 44.3 Å². The number of nitrogens with zero attached hydrogens (tertiary/aromatic N) is 1. The normalized spacial score (nSPS) is 12.4. The Morgan fingerprint density at radius 2 is 1.61 bits per heavy atom. The van der Waals surface area contributed by atoms with Crippen LogP contribution in [0.15, 0.2) is 54.6 Å². The number of benzene rings is 2. The van der Waals surface area contributed by atoms with E-state index in [9.17, 15) is 22.8 Å². The molecule has 2 aromatic rings. The van der Waals surface area contributed by atoms with Crippen LogP contribution < -0.4 is 22.1 Å². The molecule has 2 rings (SSSR count). The molecular weight excluding hydrogens is 471 g/mol. The van der Waals surface area contributed by atoms with Crippen molar-refractivity contribution in [1.29, 1.82) is 0 Å². The number of halogens is 3. The quantitative estimate of drug-likeness (QED) is 0.277. The first-order valence-corrected chi connectivity index (χ1v) is 12.2. The van der Waals surface area contributed by atoms with Crippen LogP contribution in [0.4, 0.5) is 18.9 Å². The molecule has 0 fully saturated rings. The van der Waals surface area contributed by atoms with Crippen LogP contribution in [0.25, 0.3) is 0 Å². The molecule has 0 heterocycles. The average Bonchev–Trinajstić information content (AvgIpc) is 2.85. The van der Waals surface area contributed by atoms with E-state index in [0.29, 0.717) is 32.4 Å². The van der Waals surface area contributed by atoms with E-state index in [0.717, 1.165) is 43.8 Å². The molecule has 1 atom stereocenters. The lowest BCUT2D eigenvalue weighted by Gasteiger charge is -2.21. The van der Waals surface area contributed by atoms with Gasteiger partial charge in [-0.1, -0.05) is 36.4 Å². The summed E-state index contributed by atoms with van der Waals surface area (Å²) in [5.41, 5.74) is 11.4. The van der Waals surface area contributed by atoms with E-state index in [4.69, 9.17) is 11.5 Å². The molecule has 0 saturated heterocycles. The Morgan fingerprint density at radius 1 is 0.917 bits per heavy atom. The molecule has 0 radical (unpaired) electrons. The zero-order valence-electron chi connectivity index (χ0n) is 20.4. The van der Waals surface area contributed by atoms with Crippen molar-refractivity contribution >= 4 is 17.5 Å². The van der Waals surface area contributed by atoms with Gasteiger partial charge < -0.3 is 27.0 Å². The van der Waals surface area contributed by atoms with Crippen LogP contribution in [0.1, 0.15) is 36.8 Å². The van der Waals surface area contributed by atoms with Gasteiger partial charge in [-0.25, -0.2) is 0 Å². The Bertz CT molecular complexity index is 935. The van der Waals surface area contributed by atoms with Gasteiger partial charge in [0.25, 0.3) is 0 Å². The maximum atomic E-state index is 13.0. The van der Waals surface area contributed by atoms with Crippen LogP contribution in [0.2, 0.25) is 0 Å². The maximum absolute atomic E-state index is 13.0. The number of carbonyl (C=O) groups excluding carboxylic acids is 2. The van der Waals surface area contributed by atoms with Crippen LogP contribution in [-0.4, -0.2) is 55.5 Å². The van der Waals surface area contributed by atoms with Crippen molar-refractivity contribution in [3.8, 4) is 0 Å². The lowest BCUT2D eigenvalue weighted by atomic mass is 10.0. The molecule has 2 amide bonds. The minimum atomic E-state index is -4.52. The molecule has 0 aliphatic carbocycles. The molecule has 1 unspecified atom stereocenters. The van der Waals surface area contributed by atoms with E-state index in [1.165, 1.54) is 12.1 Å². The third kappa shape index (κ3) is 10.8. The summed E-state index contributed by atoms with van der Waals surface area (Å²) in [6.45, 7) is 3.31. The lowest BCUT2D eigenvalue weighted by Crippen LogP contribution is -2.44. The number of carbonyl (C=O) groups is 2. The van der Waals surface area contributed by atoms with Crippen molar-refractivity contribution in [3.05, 3.63) is 65.7 Å². The van der Waals surface area contributed by atoms with Crippen molar-refractivity contribution in [2.75, 3.05) is 38.0 Å². The number of amides is 2. The molecule has 6 N–H and O–H groups in total. The molecular formula is C26H36F3N5O2. The van der Waals surface area contributed by atoms with Gasteiger partial charge in [-0.05, 0) is 56.0 Å². The Hall–Kier alpha value is -2.95. The minimum Gasteiger partial charge on any atom is -0.344 e. The van der Waals surface area contributed by atoms with Crippen LogP contribution in [0.5, 0.6) is 0 Å². The third-order valence-corrected chi connectivity index (χ3v) is 5.69. The van der Waals surface area contributed by atoms with Crippen LogP contribution in [-0.2, 0) is 22.2 Å². The molecule has 7 nitrogen and oxygen atoms in total. The van der Waals surface area contributed by atoms with Gasteiger partial charge in [-0.2, -0.15) is 13.2 Å². The van der Waals surface area contributed by atoms with Gasteiger partial charge in [-0.15, -0.1) is 0 Å². The Labute approximate surface area is 210 Å². The number of aryl methyl sites for hydroxylation is 1. The number of unbranched alkanes of at least 4 members (excludes halogenated alkanes) is 1. The molecule has 0 aliphatic heterocycles. The van der Waals surface area contributed by atoms with Gasteiger partial charge in [0, 0.05) is 38.3 Å². The van der Waals surface area contributed by atoms with E-state index in [1.54, 1.807) is 0 Å². The highest BCUT2D eigenvalue weighted by atomic mass is 19.4. The van der Waals surface area contributed by atoms with Gasteiger partial charge in [0.15, 0.2) is 0 Å². The Kier molecular flexibility index (Phi) is 12.4. The van der Waals surface area contributed by atoms with Crippen LogP contribution in [0.3, 0.4) is 0 Å². The number of hydrogen-bond acceptors (Lipinski definition) is 5. The van der Waals surface area contributed by atoms with Crippen LogP contribution in [0, 0.1) is 0 Å². The first-order valence-electron chi connectivity index (χ1n) is 12.2. The number of nitrogens with one attached hydrogen (secondary N) is 2. The van der Waals surface area contributed by atoms with Gasteiger partial charge in [0.2, 0.25) is 11.8 Å². The number of alkyl halides is 3. The molecule has 0 saturated carbocycles. The van der Waals surface area contributed by atoms with Crippen molar-refractivity contribution in [2.24, 2.45) is 11.5 Å². The van der Waals surface area contributed by atoms with Crippen molar-refractivity contribution in [3.63, 3.8) is 0 Å². The molecule has 0 spiro atoms. The van der Waals surface area contributed by atoms with Crippen molar-refractivity contribution in [1.82, 2.24) is 10.2 Å². The fourth-order valence-corrected chi connectivity index (χ4v) is 3.82. The molecule has 0 aromatic heterocycles. The zero-order chi connectivity index (χ0) is 26.4. The molecule has 0 bridgehead atoms. The highest BCUT2D eigenvalue weighted by Crippen LogP contribution is 2.30. The SMILES string of the molecule is NCCN(CCN)CCCCC(=O)NC(CCc1ccccc1)C(=O)Nc1cccc(C(F)(F)F)c1. The Morgan fingerprint density at radius 3 is 2.25 bits per heavy atom. The summed E-state index contributed by atoms with van der Waals surface area (Å²) in [5.74, 6) is -0.841. The van der Waals surface area contributed by atoms with Gasteiger partial charge >= 0.3 is 6.18 Å². The second kappa shape index (κ2) is 15.2. The average molecular weight is 508 g/mol. The van der Waals surface area contributed by atoms with Gasteiger partial charge in [0.05, 0.1) is 5.56 Å². The number of rotatable bonds is 15. The minimum absolute atomic E-state index is 0.0219. The predicted molar refractivity (Wildman–Crippen MR) is 135 cm³/mol. The maximum Gasteiger partial charge on any atom is 0.416 e. The fraction of sp³-hybridized carbons (Fsp3) is 0.462. The summed E-state index contributed by atoms with van der Waals surface area (Å²) >= 11 is 0. The van der Waals surface area contributed by atoms with E-state index in [2.05, 4.69) is 15.5 Å². The summed E-state index contributed by atoms with van der Waals surface area (Å²) in [7, 11) is 0. The predicted octanol–water partition coefficient (Wildman–Crippen LogP) is 3.15. The first-order chi connectivity index (χ1) is 17.2. The van der Waals surface area contributed by atoms with Crippen LogP contribution >= 0.6 is 0 Å². The molecule has 198 valence electrons. The third-order valence-electron chi connectivity index (χ3n) is 5.69. The van der Waals surface area contributed by atoms with E-state index in [-0.39, 0.29) is 18.0 Å². The zero-order valence-corrected chi connectivity index (χ0v) is 20.4. The van der Waals surface area contributed by atoms with E-state index < -0.39 is 23.7 Å². The summed E-state index contributed by atoms with van der Waals surface area (Å²) in [6, 6.07) is 13.0. The number of anilines is 1. The summed E-state index contributed by atoms with van der Waals surface area (Å²) < 4.78 is 39.1. The first kappa shape index (κ1) is 29.3. The van der Waals surface area contributed by atoms with Crippen molar-refractivity contribution < 1.29 is 22.8 Å². The lowest BCUT2D eigenvalue weighted by molar-refractivity contribution is -0.137. The number of hydrogen-bond donors (Lipinski definition) is 4. The monoisotopic (exact) mass is 507 g/mol. The van der Waals surface area contributed by atoms with E-state index in [1.807, 2.05) is 30.3 Å². The summed E-state index contributed by atoms with van der Waals surface area (Å²) in [4.78, 5) is 27.7. The smallest absolute Gasteiger partial charge is 0.344 e. The second-order valence-electron chi connectivity index (χ2n) is 8.59. The fourth-order valence-electron chi connectivity index (χ4n) is 3.82. The molecule has 36 heavy (non-hydrogen) atoms. The number of nitrogens with two attached hydrogens (primary N) is 2. The topological polar surface area (TPSA) is 113 Å². The van der Waals surface area contributed by atoms with Gasteiger partial charge in [-0.3, -0.25) is 9.59 Å². The second-order valence-corrected chi connectivity index (χ2v) is 8.59. The molecule has 10 heteroatoms. The molecule has 2 aromatic carbocycles. The standard InChI is InChI=1S/C26H36F3N5O2/c27-26(28,29)21-9-6-10-22(19-21)32-25(36)23(13-12-20-7-2-1-3-8-20)33-24(35)11-4-5-16-34(17-14-30)18-15-31/h1-3,6-10,19,23H,4-5,11-18,30-31H2,(H,32,36)(H,33,35). The Balaban J connectivity index is 1.98. The summed E-state index contributed by atoms with van der Waals surface area (Å²) in [6.07, 6.45) is -2.06. The van der Waals surface area contributed by atoms with Gasteiger partial charge in [0.1, 0.15) is 6.04 Å². The summed E-state index contributed by atoms with van der Waals surface area (Å²) in [5, 5.41) is 5.29.